The number of benzene rings is 1. The van der Waals surface area contributed by atoms with Crippen LogP contribution in [0.4, 0.5) is 0 Å². The molecule has 2 atom stereocenters. The molecule has 1 saturated heterocycles. The summed E-state index contributed by atoms with van der Waals surface area (Å²) in [6, 6.07) is 9.79. The lowest BCUT2D eigenvalue weighted by Crippen LogP contribution is -2.24. The van der Waals surface area contributed by atoms with Crippen LogP contribution in [0.5, 0.6) is 0 Å². The van der Waals surface area contributed by atoms with Gasteiger partial charge in [0.05, 0.1) is 6.61 Å². The van der Waals surface area contributed by atoms with Crippen LogP contribution >= 0.6 is 0 Å². The van der Waals surface area contributed by atoms with Gasteiger partial charge in [0.25, 0.3) is 0 Å². The molecule has 0 radical (unpaired) electrons. The van der Waals surface area contributed by atoms with Gasteiger partial charge >= 0.3 is 5.97 Å². The number of epoxide rings is 1. The summed E-state index contributed by atoms with van der Waals surface area (Å²) in [5.41, 5.74) is 0.249. The molecule has 3 heteroatoms. The second-order valence-corrected chi connectivity index (χ2v) is 4.86. The third-order valence-electron chi connectivity index (χ3n) is 3.29. The maximum atomic E-state index is 11.9. The van der Waals surface area contributed by atoms with Crippen molar-refractivity contribution < 1.29 is 14.3 Å². The van der Waals surface area contributed by atoms with Crippen LogP contribution in [0.15, 0.2) is 30.3 Å². The molecular weight excluding hydrogens is 228 g/mol. The fraction of sp³-hybridized carbons (Fsp3) is 0.533. The minimum absolute atomic E-state index is 0.155. The van der Waals surface area contributed by atoms with Gasteiger partial charge in [0.1, 0.15) is 6.10 Å². The molecule has 0 bridgehead atoms. The summed E-state index contributed by atoms with van der Waals surface area (Å²) >= 11 is 0. The molecule has 0 spiro atoms. The Morgan fingerprint density at radius 3 is 2.72 bits per heavy atom. The molecule has 1 fully saturated rings. The Labute approximate surface area is 108 Å². The Kier molecular flexibility index (Phi) is 4.02. The largest absolute Gasteiger partial charge is 0.463 e. The van der Waals surface area contributed by atoms with Crippen molar-refractivity contribution in [3.63, 3.8) is 0 Å². The molecule has 0 amide bonds. The summed E-state index contributed by atoms with van der Waals surface area (Å²) in [7, 11) is 0. The van der Waals surface area contributed by atoms with E-state index in [1.807, 2.05) is 30.3 Å². The molecule has 0 N–H and O–H groups in total. The molecule has 98 valence electrons. The van der Waals surface area contributed by atoms with Crippen molar-refractivity contribution in [2.24, 2.45) is 0 Å². The molecule has 0 unspecified atom stereocenters. The molecule has 1 heterocycles. The summed E-state index contributed by atoms with van der Waals surface area (Å²) in [5, 5.41) is 0. The smallest absolute Gasteiger partial charge is 0.341 e. The van der Waals surface area contributed by atoms with Gasteiger partial charge in [0.2, 0.25) is 0 Å². The molecule has 18 heavy (non-hydrogen) atoms. The first kappa shape index (κ1) is 13.1. The van der Waals surface area contributed by atoms with Gasteiger partial charge < -0.3 is 9.47 Å². The number of rotatable bonds is 6. The predicted molar refractivity (Wildman–Crippen MR) is 69.2 cm³/mol. The van der Waals surface area contributed by atoms with Crippen LogP contribution in [0.3, 0.4) is 0 Å². The number of carbonyl (C=O) groups excluding carboxylic acids is 1. The first-order valence-corrected chi connectivity index (χ1v) is 6.58. The minimum atomic E-state index is -0.784. The highest BCUT2D eigenvalue weighted by Gasteiger charge is 2.60. The molecule has 0 aromatic heterocycles. The number of ether oxygens (including phenoxy) is 2. The topological polar surface area (TPSA) is 38.8 Å². The molecule has 2 rings (SSSR count). The molecule has 1 aromatic carbocycles. The van der Waals surface area contributed by atoms with Gasteiger partial charge in [-0.05, 0) is 18.9 Å². The summed E-state index contributed by atoms with van der Waals surface area (Å²) in [6.45, 7) is 4.42. The molecule has 1 aliphatic rings. The van der Waals surface area contributed by atoms with Crippen molar-refractivity contribution in [1.82, 2.24) is 0 Å². The van der Waals surface area contributed by atoms with E-state index in [1.165, 1.54) is 0 Å². The molecule has 1 aliphatic heterocycles. The van der Waals surface area contributed by atoms with Crippen molar-refractivity contribution in [2.45, 2.75) is 44.8 Å². The second-order valence-electron chi connectivity index (χ2n) is 4.86. The molecular formula is C15H20O3. The van der Waals surface area contributed by atoms with E-state index in [0.717, 1.165) is 24.8 Å². The average Bonchev–Trinajstić information content (AvgIpc) is 3.09. The van der Waals surface area contributed by atoms with Crippen molar-refractivity contribution >= 4 is 5.97 Å². The van der Waals surface area contributed by atoms with E-state index in [-0.39, 0.29) is 12.1 Å². The van der Waals surface area contributed by atoms with Crippen molar-refractivity contribution in [2.75, 3.05) is 6.61 Å². The number of carbonyl (C=O) groups is 1. The summed E-state index contributed by atoms with van der Waals surface area (Å²) < 4.78 is 10.8. The van der Waals surface area contributed by atoms with E-state index in [9.17, 15) is 4.79 Å². The average molecular weight is 248 g/mol. The van der Waals surface area contributed by atoms with Gasteiger partial charge in [-0.25, -0.2) is 4.79 Å². The highest BCUT2D eigenvalue weighted by molar-refractivity contribution is 5.83. The van der Waals surface area contributed by atoms with E-state index in [4.69, 9.17) is 9.47 Å². The lowest BCUT2D eigenvalue weighted by molar-refractivity contribution is -0.149. The zero-order valence-corrected chi connectivity index (χ0v) is 11.0. The minimum Gasteiger partial charge on any atom is -0.463 e. The lowest BCUT2D eigenvalue weighted by Gasteiger charge is -2.07. The number of esters is 1. The normalized spacial score (nSPS) is 25.8. The van der Waals surface area contributed by atoms with Crippen LogP contribution in [0.2, 0.25) is 0 Å². The Hall–Kier alpha value is -1.35. The van der Waals surface area contributed by atoms with Gasteiger partial charge in [-0.1, -0.05) is 50.1 Å². The molecule has 0 saturated carbocycles. The van der Waals surface area contributed by atoms with Crippen LogP contribution in [0.1, 0.15) is 44.8 Å². The van der Waals surface area contributed by atoms with Gasteiger partial charge in [0.15, 0.2) is 5.60 Å². The summed E-state index contributed by atoms with van der Waals surface area (Å²) in [6.07, 6.45) is 2.98. The first-order chi connectivity index (χ1) is 8.68. The maximum Gasteiger partial charge on any atom is 0.341 e. The third kappa shape index (κ3) is 2.72. The Bertz CT molecular complexity index is 401. The number of hydrogen-bond donors (Lipinski definition) is 0. The van der Waals surface area contributed by atoms with Gasteiger partial charge in [-0.15, -0.1) is 0 Å². The van der Waals surface area contributed by atoms with E-state index in [1.54, 1.807) is 6.92 Å². The predicted octanol–water partition coefficient (Wildman–Crippen LogP) is 3.25. The Morgan fingerprint density at radius 1 is 1.33 bits per heavy atom. The third-order valence-corrected chi connectivity index (χ3v) is 3.29. The summed E-state index contributed by atoms with van der Waals surface area (Å²) in [4.78, 5) is 11.9. The van der Waals surface area contributed by atoms with Crippen molar-refractivity contribution in [3.8, 4) is 0 Å². The number of unbranched alkanes of at least 4 members (excludes halogenated alkanes) is 2. The van der Waals surface area contributed by atoms with Gasteiger partial charge in [-0.2, -0.15) is 0 Å². The zero-order chi connectivity index (χ0) is 13.0. The lowest BCUT2D eigenvalue weighted by atomic mass is 10.0. The van der Waals surface area contributed by atoms with E-state index in [0.29, 0.717) is 6.61 Å². The Morgan fingerprint density at radius 2 is 2.06 bits per heavy atom. The van der Waals surface area contributed by atoms with E-state index >= 15 is 0 Å². The number of hydrogen-bond acceptors (Lipinski definition) is 3. The quantitative estimate of drug-likeness (QED) is 0.440. The Balaban J connectivity index is 1.85. The molecule has 1 aromatic rings. The first-order valence-electron chi connectivity index (χ1n) is 6.58. The molecule has 0 aliphatic carbocycles. The second kappa shape index (κ2) is 5.53. The van der Waals surface area contributed by atoms with Gasteiger partial charge in [0, 0.05) is 0 Å². The van der Waals surface area contributed by atoms with E-state index in [2.05, 4.69) is 6.92 Å². The van der Waals surface area contributed by atoms with Crippen LogP contribution in [0, 0.1) is 0 Å². The summed E-state index contributed by atoms with van der Waals surface area (Å²) in [5.74, 6) is -0.243. The fourth-order valence-electron chi connectivity index (χ4n) is 2.04. The van der Waals surface area contributed by atoms with Crippen LogP contribution in [0.25, 0.3) is 0 Å². The highest BCUT2D eigenvalue weighted by atomic mass is 16.7. The van der Waals surface area contributed by atoms with Crippen LogP contribution < -0.4 is 0 Å². The fourth-order valence-corrected chi connectivity index (χ4v) is 2.04. The van der Waals surface area contributed by atoms with Crippen molar-refractivity contribution in [1.29, 1.82) is 0 Å². The van der Waals surface area contributed by atoms with Crippen LogP contribution in [-0.4, -0.2) is 18.2 Å². The zero-order valence-electron chi connectivity index (χ0n) is 11.0. The highest BCUT2D eigenvalue weighted by Crippen LogP contribution is 2.49. The SMILES string of the molecule is CCCCCOC(=O)[C@@]1(C)O[C@H]1c1ccccc1. The standard InChI is InChI=1S/C15H20O3/c1-3-4-8-11-17-14(16)15(2)13(18-15)12-9-6-5-7-10-12/h5-7,9-10,13H,3-4,8,11H2,1-2H3/t13-,15-/m0/s1. The van der Waals surface area contributed by atoms with Crippen molar-refractivity contribution in [3.05, 3.63) is 35.9 Å². The maximum absolute atomic E-state index is 11.9. The van der Waals surface area contributed by atoms with E-state index < -0.39 is 5.60 Å². The monoisotopic (exact) mass is 248 g/mol. The van der Waals surface area contributed by atoms with Crippen LogP contribution in [-0.2, 0) is 14.3 Å². The van der Waals surface area contributed by atoms with Gasteiger partial charge in [-0.3, -0.25) is 0 Å². The molecule has 3 nitrogen and oxygen atoms in total.